The Morgan fingerprint density at radius 3 is 2.63 bits per heavy atom. The number of nitrogens with zero attached hydrogens (tertiary/aromatic N) is 1. The molecule has 5 nitrogen and oxygen atoms in total. The molecule has 0 spiro atoms. The first-order chi connectivity index (χ1) is 8.97. The van der Waals surface area contributed by atoms with Gasteiger partial charge in [0.2, 0.25) is 10.0 Å². The van der Waals surface area contributed by atoms with Crippen LogP contribution in [0, 0.1) is 11.7 Å². The van der Waals surface area contributed by atoms with E-state index in [0.29, 0.717) is 19.4 Å². The number of pyridine rings is 1. The van der Waals surface area contributed by atoms with Gasteiger partial charge in [0.15, 0.2) is 0 Å². The second-order valence-electron chi connectivity index (χ2n) is 4.87. The minimum absolute atomic E-state index is 0.164. The van der Waals surface area contributed by atoms with Crippen LogP contribution in [0.1, 0.15) is 25.7 Å². The van der Waals surface area contributed by atoms with E-state index in [-0.39, 0.29) is 16.9 Å². The SMILES string of the molecule is O=S(=O)(NCC1CCC(O)CC1)c1cncc(F)c1. The monoisotopic (exact) mass is 288 g/mol. The molecule has 0 aromatic carbocycles. The molecule has 1 fully saturated rings. The van der Waals surface area contributed by atoms with Gasteiger partial charge >= 0.3 is 0 Å². The Labute approximate surface area is 111 Å². The van der Waals surface area contributed by atoms with Crippen LogP contribution in [0.3, 0.4) is 0 Å². The van der Waals surface area contributed by atoms with Crippen molar-refractivity contribution in [3.63, 3.8) is 0 Å². The number of sulfonamides is 1. The maximum atomic E-state index is 13.0. The Bertz CT molecular complexity index is 528. The van der Waals surface area contributed by atoms with Gasteiger partial charge in [0.25, 0.3) is 0 Å². The molecule has 1 aliphatic carbocycles. The molecule has 0 atom stereocenters. The highest BCUT2D eigenvalue weighted by Gasteiger charge is 2.22. The summed E-state index contributed by atoms with van der Waals surface area (Å²) in [5.41, 5.74) is 0. The molecule has 19 heavy (non-hydrogen) atoms. The van der Waals surface area contributed by atoms with E-state index in [0.717, 1.165) is 31.3 Å². The summed E-state index contributed by atoms with van der Waals surface area (Å²) in [5, 5.41) is 9.37. The molecular weight excluding hydrogens is 271 g/mol. The van der Waals surface area contributed by atoms with Crippen LogP contribution in [0.2, 0.25) is 0 Å². The number of aromatic nitrogens is 1. The first-order valence-electron chi connectivity index (χ1n) is 6.25. The van der Waals surface area contributed by atoms with Gasteiger partial charge in [-0.15, -0.1) is 0 Å². The zero-order chi connectivity index (χ0) is 13.9. The summed E-state index contributed by atoms with van der Waals surface area (Å²) in [4.78, 5) is 3.36. The quantitative estimate of drug-likeness (QED) is 0.868. The summed E-state index contributed by atoms with van der Waals surface area (Å²) in [7, 11) is -3.71. The molecule has 1 aromatic rings. The van der Waals surface area contributed by atoms with E-state index in [9.17, 15) is 17.9 Å². The van der Waals surface area contributed by atoms with Gasteiger partial charge in [-0.3, -0.25) is 4.98 Å². The van der Waals surface area contributed by atoms with E-state index >= 15 is 0 Å². The average molecular weight is 288 g/mol. The largest absolute Gasteiger partial charge is 0.393 e. The summed E-state index contributed by atoms with van der Waals surface area (Å²) in [6.07, 6.45) is 4.82. The predicted molar refractivity (Wildman–Crippen MR) is 67.3 cm³/mol. The Balaban J connectivity index is 1.95. The van der Waals surface area contributed by atoms with Crippen molar-refractivity contribution in [2.45, 2.75) is 36.7 Å². The Kier molecular flexibility index (Phi) is 4.49. The number of nitrogens with one attached hydrogen (secondary N) is 1. The number of hydrogen-bond donors (Lipinski definition) is 2. The fourth-order valence-corrected chi connectivity index (χ4v) is 3.29. The van der Waals surface area contributed by atoms with E-state index in [2.05, 4.69) is 9.71 Å². The van der Waals surface area contributed by atoms with Crippen molar-refractivity contribution in [3.05, 3.63) is 24.3 Å². The normalized spacial score (nSPS) is 24.3. The molecule has 1 aliphatic rings. The lowest BCUT2D eigenvalue weighted by molar-refractivity contribution is 0.109. The van der Waals surface area contributed by atoms with Gasteiger partial charge in [-0.1, -0.05) is 0 Å². The van der Waals surface area contributed by atoms with Crippen molar-refractivity contribution >= 4 is 10.0 Å². The fourth-order valence-electron chi connectivity index (χ4n) is 2.20. The lowest BCUT2D eigenvalue weighted by atomic mass is 9.88. The maximum Gasteiger partial charge on any atom is 0.242 e. The molecule has 1 aromatic heterocycles. The highest BCUT2D eigenvalue weighted by Crippen LogP contribution is 2.23. The topological polar surface area (TPSA) is 79.3 Å². The molecule has 1 heterocycles. The van der Waals surface area contributed by atoms with Crippen molar-refractivity contribution in [2.75, 3.05) is 6.54 Å². The van der Waals surface area contributed by atoms with Crippen LogP contribution < -0.4 is 4.72 Å². The summed E-state index contributed by atoms with van der Waals surface area (Å²) in [6, 6.07) is 0.944. The van der Waals surface area contributed by atoms with Gasteiger partial charge in [0.1, 0.15) is 10.7 Å². The fraction of sp³-hybridized carbons (Fsp3) is 0.583. The number of aliphatic hydroxyl groups excluding tert-OH is 1. The molecule has 0 unspecified atom stereocenters. The summed E-state index contributed by atoms with van der Waals surface area (Å²) >= 11 is 0. The molecule has 7 heteroatoms. The summed E-state index contributed by atoms with van der Waals surface area (Å²) < 4.78 is 39.3. The van der Waals surface area contributed by atoms with Crippen LogP contribution in [0.4, 0.5) is 4.39 Å². The van der Waals surface area contributed by atoms with Crippen LogP contribution in [0.25, 0.3) is 0 Å². The van der Waals surface area contributed by atoms with E-state index < -0.39 is 15.8 Å². The number of hydrogen-bond acceptors (Lipinski definition) is 4. The molecule has 2 N–H and O–H groups in total. The highest BCUT2D eigenvalue weighted by atomic mass is 32.2. The second kappa shape index (κ2) is 5.94. The maximum absolute atomic E-state index is 13.0. The molecular formula is C12H17FN2O3S. The highest BCUT2D eigenvalue weighted by molar-refractivity contribution is 7.89. The minimum Gasteiger partial charge on any atom is -0.393 e. The molecule has 0 aliphatic heterocycles. The van der Waals surface area contributed by atoms with E-state index in [4.69, 9.17) is 0 Å². The smallest absolute Gasteiger partial charge is 0.242 e. The van der Waals surface area contributed by atoms with Crippen LogP contribution in [-0.2, 0) is 10.0 Å². The van der Waals surface area contributed by atoms with Crippen molar-refractivity contribution in [2.24, 2.45) is 5.92 Å². The summed E-state index contributed by atoms with van der Waals surface area (Å²) in [5.74, 6) is -0.455. The van der Waals surface area contributed by atoms with E-state index in [1.54, 1.807) is 0 Å². The molecule has 0 amide bonds. The lowest BCUT2D eigenvalue weighted by Gasteiger charge is -2.25. The number of halogens is 1. The van der Waals surface area contributed by atoms with E-state index in [1.165, 1.54) is 0 Å². The van der Waals surface area contributed by atoms with E-state index in [1.807, 2.05) is 0 Å². The zero-order valence-electron chi connectivity index (χ0n) is 10.4. The lowest BCUT2D eigenvalue weighted by Crippen LogP contribution is -2.32. The molecule has 0 bridgehead atoms. The minimum atomic E-state index is -3.71. The Morgan fingerprint density at radius 2 is 2.00 bits per heavy atom. The standard InChI is InChI=1S/C12H17FN2O3S/c13-10-5-12(8-14-7-10)19(17,18)15-6-9-1-3-11(16)4-2-9/h5,7-9,11,15-16H,1-4,6H2. The van der Waals surface area contributed by atoms with Gasteiger partial charge in [-0.25, -0.2) is 17.5 Å². The number of aliphatic hydroxyl groups is 1. The molecule has 106 valence electrons. The third kappa shape index (κ3) is 3.95. The Hall–Kier alpha value is -1.05. The Morgan fingerprint density at radius 1 is 1.32 bits per heavy atom. The van der Waals surface area contributed by atoms with Gasteiger partial charge < -0.3 is 5.11 Å². The van der Waals surface area contributed by atoms with Crippen LogP contribution in [0.5, 0.6) is 0 Å². The van der Waals surface area contributed by atoms with Gasteiger partial charge in [0, 0.05) is 12.7 Å². The predicted octanol–water partition coefficient (Wildman–Crippen LogP) is 1.05. The van der Waals surface area contributed by atoms with Crippen molar-refractivity contribution in [3.8, 4) is 0 Å². The van der Waals surface area contributed by atoms with Crippen molar-refractivity contribution in [1.82, 2.24) is 9.71 Å². The third-order valence-corrected chi connectivity index (χ3v) is 4.76. The average Bonchev–Trinajstić information content (AvgIpc) is 2.38. The third-order valence-electron chi connectivity index (χ3n) is 3.37. The van der Waals surface area contributed by atoms with Crippen molar-refractivity contribution in [1.29, 1.82) is 0 Å². The number of rotatable bonds is 4. The van der Waals surface area contributed by atoms with Crippen LogP contribution >= 0.6 is 0 Å². The van der Waals surface area contributed by atoms with Crippen LogP contribution in [0.15, 0.2) is 23.4 Å². The first-order valence-corrected chi connectivity index (χ1v) is 7.74. The molecule has 1 saturated carbocycles. The van der Waals surface area contributed by atoms with Crippen molar-refractivity contribution < 1.29 is 17.9 Å². The summed E-state index contributed by atoms with van der Waals surface area (Å²) in [6.45, 7) is 0.311. The van der Waals surface area contributed by atoms with Gasteiger partial charge in [-0.05, 0) is 37.7 Å². The first kappa shape index (κ1) is 14.4. The van der Waals surface area contributed by atoms with Gasteiger partial charge in [0.05, 0.1) is 12.3 Å². The molecule has 0 radical (unpaired) electrons. The molecule has 2 rings (SSSR count). The van der Waals surface area contributed by atoms with Crippen LogP contribution in [-0.4, -0.2) is 31.2 Å². The zero-order valence-corrected chi connectivity index (χ0v) is 11.2. The second-order valence-corrected chi connectivity index (χ2v) is 6.63. The molecule has 0 saturated heterocycles. The van der Waals surface area contributed by atoms with Gasteiger partial charge in [-0.2, -0.15) is 0 Å².